The molecule has 0 atom stereocenters. The van der Waals surface area contributed by atoms with E-state index in [1.165, 1.54) is 0 Å². The maximum absolute atomic E-state index is 4.24. The van der Waals surface area contributed by atoms with E-state index in [0.29, 0.717) is 0 Å². The third kappa shape index (κ3) is 1.45. The van der Waals surface area contributed by atoms with Crippen molar-refractivity contribution in [2.24, 2.45) is 0 Å². The van der Waals surface area contributed by atoms with E-state index >= 15 is 0 Å². The summed E-state index contributed by atoms with van der Waals surface area (Å²) in [6, 6.07) is 6.05. The minimum Gasteiger partial charge on any atom is -0.378 e. The third-order valence-electron chi connectivity index (χ3n) is 1.97. The molecule has 0 saturated heterocycles. The molecule has 1 aromatic heterocycles. The molecule has 3 nitrogen and oxygen atoms in total. The molecule has 1 aromatic carbocycles. The maximum atomic E-state index is 4.24. The van der Waals surface area contributed by atoms with Gasteiger partial charge in [0, 0.05) is 32.2 Å². The lowest BCUT2D eigenvalue weighted by Gasteiger charge is -2.11. The fourth-order valence-corrected chi connectivity index (χ4v) is 1.23. The number of aromatic nitrogens is 2. The molecule has 2 aromatic rings. The number of fused-ring (bicyclic) bond motifs is 1. The topological polar surface area (TPSA) is 29.0 Å². The Morgan fingerprint density at radius 2 is 1.69 bits per heavy atom. The minimum atomic E-state index is 0.938. The standard InChI is InChI=1S/C10H11N3/c1-13(2)8-3-4-9-10(7-8)12-6-5-11-9/h3-7H,1-2H3. The van der Waals surface area contributed by atoms with Crippen molar-refractivity contribution in [2.45, 2.75) is 0 Å². The van der Waals surface area contributed by atoms with E-state index in [0.717, 1.165) is 16.7 Å². The van der Waals surface area contributed by atoms with Crippen molar-refractivity contribution in [2.75, 3.05) is 19.0 Å². The molecule has 0 aliphatic carbocycles. The lowest BCUT2D eigenvalue weighted by atomic mass is 10.2. The number of hydrogen-bond acceptors (Lipinski definition) is 3. The predicted molar refractivity (Wildman–Crippen MR) is 53.9 cm³/mol. The van der Waals surface area contributed by atoms with Crippen molar-refractivity contribution < 1.29 is 0 Å². The molecule has 2 rings (SSSR count). The molecule has 0 radical (unpaired) electrons. The van der Waals surface area contributed by atoms with Gasteiger partial charge in [0.1, 0.15) is 0 Å². The van der Waals surface area contributed by atoms with Crippen LogP contribution in [0.5, 0.6) is 0 Å². The number of anilines is 1. The van der Waals surface area contributed by atoms with Crippen molar-refractivity contribution >= 4 is 16.7 Å². The normalized spacial score (nSPS) is 10.3. The first-order chi connectivity index (χ1) is 6.27. The van der Waals surface area contributed by atoms with Gasteiger partial charge in [0.25, 0.3) is 0 Å². The van der Waals surface area contributed by atoms with Gasteiger partial charge in [0.05, 0.1) is 11.0 Å². The molecular weight excluding hydrogens is 162 g/mol. The van der Waals surface area contributed by atoms with E-state index in [2.05, 4.69) is 9.97 Å². The SMILES string of the molecule is CN(C)c1ccc2nccnc2c1. The summed E-state index contributed by atoms with van der Waals surface area (Å²) in [5.41, 5.74) is 3.02. The lowest BCUT2D eigenvalue weighted by Crippen LogP contribution is -2.08. The van der Waals surface area contributed by atoms with Crippen molar-refractivity contribution in [1.82, 2.24) is 9.97 Å². The van der Waals surface area contributed by atoms with E-state index in [4.69, 9.17) is 0 Å². The average Bonchev–Trinajstić information content (AvgIpc) is 2.17. The third-order valence-corrected chi connectivity index (χ3v) is 1.97. The summed E-state index contributed by atoms with van der Waals surface area (Å²) in [6.07, 6.45) is 3.42. The molecular formula is C10H11N3. The average molecular weight is 173 g/mol. The van der Waals surface area contributed by atoms with Gasteiger partial charge in [0.2, 0.25) is 0 Å². The monoisotopic (exact) mass is 173 g/mol. The summed E-state index contributed by atoms with van der Waals surface area (Å²) < 4.78 is 0. The highest BCUT2D eigenvalue weighted by Crippen LogP contribution is 2.16. The Balaban J connectivity index is 2.62. The molecule has 0 unspecified atom stereocenters. The second kappa shape index (κ2) is 3.01. The molecule has 0 aliphatic rings. The Kier molecular flexibility index (Phi) is 1.85. The van der Waals surface area contributed by atoms with E-state index < -0.39 is 0 Å². The first-order valence-electron chi connectivity index (χ1n) is 4.15. The van der Waals surface area contributed by atoms with Crippen LogP contribution in [0.15, 0.2) is 30.6 Å². The lowest BCUT2D eigenvalue weighted by molar-refractivity contribution is 1.13. The van der Waals surface area contributed by atoms with E-state index in [9.17, 15) is 0 Å². The number of benzene rings is 1. The van der Waals surface area contributed by atoms with Crippen LogP contribution in [0.4, 0.5) is 5.69 Å². The van der Waals surface area contributed by atoms with Crippen LogP contribution in [-0.2, 0) is 0 Å². The molecule has 66 valence electrons. The molecule has 3 heteroatoms. The number of nitrogens with zero attached hydrogens (tertiary/aromatic N) is 3. The Morgan fingerprint density at radius 3 is 2.38 bits per heavy atom. The van der Waals surface area contributed by atoms with Gasteiger partial charge in [-0.1, -0.05) is 0 Å². The Bertz CT molecular complexity index is 423. The van der Waals surface area contributed by atoms with Crippen molar-refractivity contribution in [3.05, 3.63) is 30.6 Å². The molecule has 13 heavy (non-hydrogen) atoms. The van der Waals surface area contributed by atoms with E-state index in [1.54, 1.807) is 12.4 Å². The van der Waals surface area contributed by atoms with Gasteiger partial charge >= 0.3 is 0 Å². The second-order valence-electron chi connectivity index (χ2n) is 3.12. The van der Waals surface area contributed by atoms with Crippen molar-refractivity contribution in [3.8, 4) is 0 Å². The summed E-state index contributed by atoms with van der Waals surface area (Å²) in [5, 5.41) is 0. The van der Waals surface area contributed by atoms with E-state index in [1.807, 2.05) is 37.2 Å². The van der Waals surface area contributed by atoms with Gasteiger partial charge in [0.15, 0.2) is 0 Å². The highest BCUT2D eigenvalue weighted by atomic mass is 15.1. The first-order valence-corrected chi connectivity index (χ1v) is 4.15. The molecule has 0 saturated carbocycles. The van der Waals surface area contributed by atoms with Gasteiger partial charge in [-0.25, -0.2) is 0 Å². The van der Waals surface area contributed by atoms with Crippen molar-refractivity contribution in [3.63, 3.8) is 0 Å². The summed E-state index contributed by atoms with van der Waals surface area (Å²) >= 11 is 0. The molecule has 0 spiro atoms. The van der Waals surface area contributed by atoms with Gasteiger partial charge in [-0.05, 0) is 18.2 Å². The molecule has 0 fully saturated rings. The summed E-state index contributed by atoms with van der Waals surface area (Å²) in [6.45, 7) is 0. The Hall–Kier alpha value is -1.64. The Labute approximate surface area is 77.0 Å². The van der Waals surface area contributed by atoms with Crippen LogP contribution >= 0.6 is 0 Å². The fraction of sp³-hybridized carbons (Fsp3) is 0.200. The van der Waals surface area contributed by atoms with Crippen LogP contribution < -0.4 is 4.90 Å². The fourth-order valence-electron chi connectivity index (χ4n) is 1.23. The van der Waals surface area contributed by atoms with Crippen LogP contribution in [0.2, 0.25) is 0 Å². The summed E-state index contributed by atoms with van der Waals surface area (Å²) in [4.78, 5) is 10.5. The van der Waals surface area contributed by atoms with Crippen molar-refractivity contribution in [1.29, 1.82) is 0 Å². The summed E-state index contributed by atoms with van der Waals surface area (Å²) in [7, 11) is 4.02. The van der Waals surface area contributed by atoms with Crippen LogP contribution in [0.3, 0.4) is 0 Å². The zero-order valence-electron chi connectivity index (χ0n) is 7.73. The van der Waals surface area contributed by atoms with Crippen LogP contribution in [0.1, 0.15) is 0 Å². The largest absolute Gasteiger partial charge is 0.378 e. The first kappa shape index (κ1) is 7.98. The predicted octanol–water partition coefficient (Wildman–Crippen LogP) is 1.70. The van der Waals surface area contributed by atoms with Gasteiger partial charge in [-0.3, -0.25) is 9.97 Å². The highest BCUT2D eigenvalue weighted by Gasteiger charge is 1.98. The smallest absolute Gasteiger partial charge is 0.0907 e. The van der Waals surface area contributed by atoms with Gasteiger partial charge in [-0.2, -0.15) is 0 Å². The number of hydrogen-bond donors (Lipinski definition) is 0. The minimum absolute atomic E-state index is 0.938. The molecule has 0 bridgehead atoms. The molecule has 1 heterocycles. The van der Waals surface area contributed by atoms with Crippen LogP contribution in [0.25, 0.3) is 11.0 Å². The second-order valence-corrected chi connectivity index (χ2v) is 3.12. The Morgan fingerprint density at radius 1 is 1.00 bits per heavy atom. The van der Waals surface area contributed by atoms with E-state index in [-0.39, 0.29) is 0 Å². The summed E-state index contributed by atoms with van der Waals surface area (Å²) in [5.74, 6) is 0. The molecule has 0 aliphatic heterocycles. The zero-order chi connectivity index (χ0) is 9.26. The maximum Gasteiger partial charge on any atom is 0.0907 e. The van der Waals surface area contributed by atoms with Crippen LogP contribution in [0, 0.1) is 0 Å². The van der Waals surface area contributed by atoms with Crippen LogP contribution in [-0.4, -0.2) is 24.1 Å². The quantitative estimate of drug-likeness (QED) is 0.657. The zero-order valence-corrected chi connectivity index (χ0v) is 7.73. The molecule has 0 N–H and O–H groups in total. The van der Waals surface area contributed by atoms with Gasteiger partial charge in [-0.15, -0.1) is 0 Å². The number of rotatable bonds is 1. The molecule has 0 amide bonds. The van der Waals surface area contributed by atoms with Gasteiger partial charge < -0.3 is 4.90 Å². The highest BCUT2D eigenvalue weighted by molar-refractivity contribution is 5.78.